The first-order chi connectivity index (χ1) is 8.58. The van der Waals surface area contributed by atoms with Crippen molar-refractivity contribution in [1.82, 2.24) is 4.31 Å². The SMILES string of the molecule is CC(C)CS(=O)N1CCC[C@@H]1c1ccc(F)cc1. The number of benzene rings is 1. The fraction of sp³-hybridized carbons (Fsp3) is 0.571. The van der Waals surface area contributed by atoms with Gasteiger partial charge in [0.1, 0.15) is 5.82 Å². The van der Waals surface area contributed by atoms with Gasteiger partial charge in [-0.25, -0.2) is 12.9 Å². The summed E-state index contributed by atoms with van der Waals surface area (Å²) in [5.41, 5.74) is 1.08. The standard InChI is InChI=1S/C14H20FNOS/c1-11(2)10-18(17)16-9-3-4-14(16)12-5-7-13(15)8-6-12/h5-8,11,14H,3-4,9-10H2,1-2H3/t14-,18?/m1/s1. The molecule has 2 atom stereocenters. The first-order valence-corrected chi connectivity index (χ1v) is 7.76. The molecule has 0 spiro atoms. The van der Waals surface area contributed by atoms with E-state index in [0.717, 1.165) is 24.9 Å². The Morgan fingerprint density at radius 3 is 2.67 bits per heavy atom. The summed E-state index contributed by atoms with van der Waals surface area (Å²) >= 11 is 0. The third-order valence-corrected chi connectivity index (χ3v) is 5.11. The second-order valence-electron chi connectivity index (χ2n) is 5.23. The number of hydrogen-bond acceptors (Lipinski definition) is 1. The number of nitrogens with zero attached hydrogens (tertiary/aromatic N) is 1. The molecule has 100 valence electrons. The summed E-state index contributed by atoms with van der Waals surface area (Å²) in [4.78, 5) is 0. The molecule has 1 aromatic carbocycles. The summed E-state index contributed by atoms with van der Waals surface area (Å²) < 4.78 is 27.3. The molecule has 1 unspecified atom stereocenters. The highest BCUT2D eigenvalue weighted by molar-refractivity contribution is 7.82. The van der Waals surface area contributed by atoms with Crippen LogP contribution in [0.25, 0.3) is 0 Å². The second-order valence-corrected chi connectivity index (χ2v) is 6.68. The predicted molar refractivity (Wildman–Crippen MR) is 72.9 cm³/mol. The summed E-state index contributed by atoms with van der Waals surface area (Å²) in [6, 6.07) is 6.77. The molecule has 1 aliphatic rings. The summed E-state index contributed by atoms with van der Waals surface area (Å²) in [7, 11) is -0.922. The molecule has 1 fully saturated rings. The minimum atomic E-state index is -0.922. The average Bonchev–Trinajstić information content (AvgIpc) is 2.78. The van der Waals surface area contributed by atoms with Crippen LogP contribution in [-0.4, -0.2) is 20.8 Å². The zero-order chi connectivity index (χ0) is 13.1. The Hall–Kier alpha value is -0.740. The maximum absolute atomic E-state index is 12.9. The van der Waals surface area contributed by atoms with E-state index in [9.17, 15) is 8.60 Å². The Balaban J connectivity index is 2.12. The monoisotopic (exact) mass is 269 g/mol. The van der Waals surface area contributed by atoms with Crippen LogP contribution in [0.1, 0.15) is 38.3 Å². The third-order valence-electron chi connectivity index (χ3n) is 3.20. The zero-order valence-electron chi connectivity index (χ0n) is 10.9. The van der Waals surface area contributed by atoms with Gasteiger partial charge in [0, 0.05) is 18.3 Å². The number of halogens is 1. The molecule has 0 N–H and O–H groups in total. The van der Waals surface area contributed by atoms with Crippen LogP contribution in [-0.2, 0) is 11.0 Å². The lowest BCUT2D eigenvalue weighted by Gasteiger charge is -2.24. The van der Waals surface area contributed by atoms with Crippen LogP contribution in [0, 0.1) is 11.7 Å². The molecule has 1 aromatic rings. The van der Waals surface area contributed by atoms with E-state index in [2.05, 4.69) is 18.2 Å². The van der Waals surface area contributed by atoms with Gasteiger partial charge in [-0.3, -0.25) is 0 Å². The molecular weight excluding hydrogens is 249 g/mol. The molecule has 0 aliphatic carbocycles. The van der Waals surface area contributed by atoms with E-state index in [-0.39, 0.29) is 11.9 Å². The van der Waals surface area contributed by atoms with Gasteiger partial charge in [0.25, 0.3) is 0 Å². The molecule has 2 rings (SSSR count). The largest absolute Gasteiger partial charge is 0.243 e. The van der Waals surface area contributed by atoms with Crippen molar-refractivity contribution < 1.29 is 8.60 Å². The second kappa shape index (κ2) is 5.93. The molecule has 2 nitrogen and oxygen atoms in total. The summed E-state index contributed by atoms with van der Waals surface area (Å²) in [5, 5.41) is 0. The smallest absolute Gasteiger partial charge is 0.123 e. The van der Waals surface area contributed by atoms with Gasteiger partial charge in [0.15, 0.2) is 0 Å². The Bertz CT molecular complexity index is 418. The summed E-state index contributed by atoms with van der Waals surface area (Å²) in [6.45, 7) is 5.04. The van der Waals surface area contributed by atoms with Crippen LogP contribution in [0.3, 0.4) is 0 Å². The van der Waals surface area contributed by atoms with Crippen molar-refractivity contribution >= 4 is 11.0 Å². The van der Waals surface area contributed by atoms with Gasteiger partial charge >= 0.3 is 0 Å². The van der Waals surface area contributed by atoms with E-state index in [0.29, 0.717) is 11.7 Å². The van der Waals surface area contributed by atoms with Crippen molar-refractivity contribution in [2.45, 2.75) is 32.7 Å². The lowest BCUT2D eigenvalue weighted by atomic mass is 10.1. The molecule has 1 aliphatic heterocycles. The molecular formula is C14H20FNOS. The molecule has 0 aromatic heterocycles. The Labute approximate surface area is 111 Å². The molecule has 0 saturated carbocycles. The zero-order valence-corrected chi connectivity index (χ0v) is 11.8. The van der Waals surface area contributed by atoms with Crippen molar-refractivity contribution in [3.63, 3.8) is 0 Å². The van der Waals surface area contributed by atoms with E-state index < -0.39 is 11.0 Å². The summed E-state index contributed by atoms with van der Waals surface area (Å²) in [5.74, 6) is 0.921. The molecule has 1 heterocycles. The highest BCUT2D eigenvalue weighted by Gasteiger charge is 2.30. The third kappa shape index (κ3) is 3.18. The van der Waals surface area contributed by atoms with Gasteiger partial charge in [0.05, 0.1) is 11.0 Å². The topological polar surface area (TPSA) is 20.3 Å². The van der Waals surface area contributed by atoms with Gasteiger partial charge in [-0.15, -0.1) is 0 Å². The minimum Gasteiger partial charge on any atom is -0.243 e. The van der Waals surface area contributed by atoms with E-state index in [1.54, 1.807) is 0 Å². The highest BCUT2D eigenvalue weighted by Crippen LogP contribution is 2.33. The van der Waals surface area contributed by atoms with Gasteiger partial charge in [-0.05, 0) is 36.5 Å². The molecule has 1 saturated heterocycles. The lowest BCUT2D eigenvalue weighted by Crippen LogP contribution is -2.28. The van der Waals surface area contributed by atoms with Crippen molar-refractivity contribution in [2.75, 3.05) is 12.3 Å². The molecule has 18 heavy (non-hydrogen) atoms. The van der Waals surface area contributed by atoms with Gasteiger partial charge in [-0.2, -0.15) is 0 Å². The molecule has 0 radical (unpaired) electrons. The Kier molecular flexibility index (Phi) is 4.51. The quantitative estimate of drug-likeness (QED) is 0.821. The van der Waals surface area contributed by atoms with Crippen LogP contribution < -0.4 is 0 Å². The lowest BCUT2D eigenvalue weighted by molar-refractivity contribution is 0.424. The predicted octanol–water partition coefficient (Wildman–Crippen LogP) is 3.28. The van der Waals surface area contributed by atoms with E-state index in [1.807, 2.05) is 12.1 Å². The van der Waals surface area contributed by atoms with Crippen LogP contribution in [0.15, 0.2) is 24.3 Å². The average molecular weight is 269 g/mol. The van der Waals surface area contributed by atoms with E-state index in [1.165, 1.54) is 12.1 Å². The fourth-order valence-corrected chi connectivity index (χ4v) is 3.99. The van der Waals surface area contributed by atoms with E-state index in [4.69, 9.17) is 0 Å². The normalized spacial score (nSPS) is 22.6. The van der Waals surface area contributed by atoms with Crippen LogP contribution in [0.4, 0.5) is 4.39 Å². The first kappa shape index (κ1) is 13.7. The van der Waals surface area contributed by atoms with Crippen LogP contribution in [0.5, 0.6) is 0 Å². The van der Waals surface area contributed by atoms with Crippen molar-refractivity contribution in [1.29, 1.82) is 0 Å². The fourth-order valence-electron chi connectivity index (χ4n) is 2.38. The highest BCUT2D eigenvalue weighted by atomic mass is 32.2. The Morgan fingerprint density at radius 2 is 2.06 bits per heavy atom. The summed E-state index contributed by atoms with van der Waals surface area (Å²) in [6.07, 6.45) is 2.07. The van der Waals surface area contributed by atoms with Gasteiger partial charge < -0.3 is 0 Å². The van der Waals surface area contributed by atoms with Gasteiger partial charge in [-0.1, -0.05) is 26.0 Å². The Morgan fingerprint density at radius 1 is 1.39 bits per heavy atom. The maximum Gasteiger partial charge on any atom is 0.123 e. The molecule has 0 bridgehead atoms. The minimum absolute atomic E-state index is 0.185. The number of rotatable bonds is 4. The molecule has 0 amide bonds. The van der Waals surface area contributed by atoms with Gasteiger partial charge in [0.2, 0.25) is 0 Å². The first-order valence-electron chi connectivity index (χ1n) is 6.48. The van der Waals surface area contributed by atoms with Crippen molar-refractivity contribution in [3.05, 3.63) is 35.6 Å². The van der Waals surface area contributed by atoms with Crippen molar-refractivity contribution in [3.8, 4) is 0 Å². The number of hydrogen-bond donors (Lipinski definition) is 0. The van der Waals surface area contributed by atoms with Crippen LogP contribution in [0.2, 0.25) is 0 Å². The maximum atomic E-state index is 12.9. The van der Waals surface area contributed by atoms with E-state index >= 15 is 0 Å². The van der Waals surface area contributed by atoms with Crippen LogP contribution >= 0.6 is 0 Å². The molecule has 4 heteroatoms. The van der Waals surface area contributed by atoms with Crippen molar-refractivity contribution in [2.24, 2.45) is 5.92 Å².